The van der Waals surface area contributed by atoms with Crippen molar-refractivity contribution in [1.29, 1.82) is 0 Å². The largest absolute Gasteiger partial charge is 0.348 e. The van der Waals surface area contributed by atoms with Crippen molar-refractivity contribution in [2.45, 2.75) is 27.3 Å². The summed E-state index contributed by atoms with van der Waals surface area (Å²) in [5, 5.41) is 3.32. The fourth-order valence-corrected chi connectivity index (χ4v) is 2.35. The van der Waals surface area contributed by atoms with Crippen LogP contribution in [0.3, 0.4) is 0 Å². The first-order valence-electron chi connectivity index (χ1n) is 6.45. The zero-order valence-corrected chi connectivity index (χ0v) is 12.6. The van der Waals surface area contributed by atoms with Crippen molar-refractivity contribution in [2.24, 2.45) is 0 Å². The molecule has 1 aromatic heterocycles. The summed E-state index contributed by atoms with van der Waals surface area (Å²) in [5.41, 5.74) is 4.54. The molecule has 0 bridgehead atoms. The van der Waals surface area contributed by atoms with Gasteiger partial charge in [0, 0.05) is 23.4 Å². The number of nitrogens with one attached hydrogen (secondary N) is 1. The van der Waals surface area contributed by atoms with Crippen LogP contribution in [0, 0.1) is 20.8 Å². The van der Waals surface area contributed by atoms with Gasteiger partial charge in [-0.3, -0.25) is 4.79 Å². The molecule has 2 aromatic rings. The molecule has 0 aliphatic carbocycles. The summed E-state index contributed by atoms with van der Waals surface area (Å²) in [6, 6.07) is 9.42. The smallest absolute Gasteiger partial charge is 0.251 e. The van der Waals surface area contributed by atoms with Crippen LogP contribution in [-0.2, 0) is 6.54 Å². The third kappa shape index (κ3) is 3.36. The van der Waals surface area contributed by atoms with Crippen molar-refractivity contribution in [3.8, 4) is 0 Å². The fraction of sp³-hybridized carbons (Fsp3) is 0.250. The fourth-order valence-electron chi connectivity index (χ4n) is 2.01. The topological polar surface area (TPSA) is 42.0 Å². The van der Waals surface area contributed by atoms with Crippen molar-refractivity contribution in [3.63, 3.8) is 0 Å². The standard InChI is InChI=1S/C16H17ClN2O/c1-10-4-6-13(7-5-10)16(20)18-9-14-11(2)8-12(3)19-15(14)17/h4-8H,9H2,1-3H3,(H,18,20). The highest BCUT2D eigenvalue weighted by atomic mass is 35.5. The van der Waals surface area contributed by atoms with Gasteiger partial charge in [-0.25, -0.2) is 4.98 Å². The summed E-state index contributed by atoms with van der Waals surface area (Å²) >= 11 is 6.12. The summed E-state index contributed by atoms with van der Waals surface area (Å²) < 4.78 is 0. The van der Waals surface area contributed by atoms with E-state index < -0.39 is 0 Å². The summed E-state index contributed by atoms with van der Waals surface area (Å²) in [4.78, 5) is 16.3. The van der Waals surface area contributed by atoms with Crippen LogP contribution in [-0.4, -0.2) is 10.9 Å². The van der Waals surface area contributed by atoms with Gasteiger partial charge in [0.05, 0.1) is 0 Å². The SMILES string of the molecule is Cc1ccc(C(=O)NCc2c(C)cc(C)nc2Cl)cc1. The molecule has 104 valence electrons. The number of halogens is 1. The molecule has 20 heavy (non-hydrogen) atoms. The van der Waals surface area contributed by atoms with Crippen LogP contribution in [0.2, 0.25) is 5.15 Å². The highest BCUT2D eigenvalue weighted by molar-refractivity contribution is 6.30. The minimum atomic E-state index is -0.110. The summed E-state index contributed by atoms with van der Waals surface area (Å²) in [6.45, 7) is 6.23. The number of aromatic nitrogens is 1. The molecule has 0 aliphatic rings. The molecule has 0 spiro atoms. The van der Waals surface area contributed by atoms with Crippen LogP contribution in [0.5, 0.6) is 0 Å². The van der Waals surface area contributed by atoms with Gasteiger partial charge in [-0.1, -0.05) is 29.3 Å². The number of hydrogen-bond donors (Lipinski definition) is 1. The van der Waals surface area contributed by atoms with Crippen LogP contribution in [0.15, 0.2) is 30.3 Å². The molecule has 0 radical (unpaired) electrons. The van der Waals surface area contributed by atoms with Crippen LogP contribution in [0.1, 0.15) is 32.7 Å². The third-order valence-corrected chi connectivity index (χ3v) is 3.48. The van der Waals surface area contributed by atoms with Crippen LogP contribution < -0.4 is 5.32 Å². The average molecular weight is 289 g/mol. The molecular weight excluding hydrogens is 272 g/mol. The number of carbonyl (C=O) groups excluding carboxylic acids is 1. The number of carbonyl (C=O) groups is 1. The van der Waals surface area contributed by atoms with E-state index in [2.05, 4.69) is 10.3 Å². The van der Waals surface area contributed by atoms with Gasteiger partial charge < -0.3 is 5.32 Å². The van der Waals surface area contributed by atoms with Crippen LogP contribution >= 0.6 is 11.6 Å². The quantitative estimate of drug-likeness (QED) is 0.877. The van der Waals surface area contributed by atoms with Gasteiger partial charge in [-0.15, -0.1) is 0 Å². The van der Waals surface area contributed by atoms with Gasteiger partial charge in [-0.2, -0.15) is 0 Å². The van der Waals surface area contributed by atoms with Gasteiger partial charge >= 0.3 is 0 Å². The van der Waals surface area contributed by atoms with Crippen molar-refractivity contribution < 1.29 is 4.79 Å². The Bertz CT molecular complexity index is 612. The Morgan fingerprint density at radius 1 is 1.20 bits per heavy atom. The van der Waals surface area contributed by atoms with Gasteiger partial charge in [0.15, 0.2) is 0 Å². The van der Waals surface area contributed by atoms with E-state index in [1.54, 1.807) is 0 Å². The van der Waals surface area contributed by atoms with Crippen LogP contribution in [0.25, 0.3) is 0 Å². The molecular formula is C16H17ClN2O. The Morgan fingerprint density at radius 2 is 1.85 bits per heavy atom. The molecule has 1 amide bonds. The molecule has 0 unspecified atom stereocenters. The molecule has 3 nitrogen and oxygen atoms in total. The highest BCUT2D eigenvalue weighted by Gasteiger charge is 2.10. The van der Waals surface area contributed by atoms with Gasteiger partial charge in [0.2, 0.25) is 0 Å². The zero-order valence-electron chi connectivity index (χ0n) is 11.8. The second-order valence-electron chi connectivity index (χ2n) is 4.90. The second kappa shape index (κ2) is 6.06. The zero-order chi connectivity index (χ0) is 14.7. The van der Waals surface area contributed by atoms with Crippen molar-refractivity contribution in [3.05, 3.63) is 63.4 Å². The second-order valence-corrected chi connectivity index (χ2v) is 5.26. The lowest BCUT2D eigenvalue weighted by molar-refractivity contribution is 0.0951. The first-order valence-corrected chi connectivity index (χ1v) is 6.82. The molecule has 1 heterocycles. The third-order valence-electron chi connectivity index (χ3n) is 3.16. The lowest BCUT2D eigenvalue weighted by Crippen LogP contribution is -2.23. The predicted octanol–water partition coefficient (Wildman–Crippen LogP) is 3.59. The number of pyridine rings is 1. The predicted molar refractivity (Wildman–Crippen MR) is 81.1 cm³/mol. The van der Waals surface area contributed by atoms with E-state index in [-0.39, 0.29) is 5.91 Å². The Kier molecular flexibility index (Phi) is 4.40. The molecule has 2 rings (SSSR count). The Balaban J connectivity index is 2.09. The minimum absolute atomic E-state index is 0.110. The van der Waals surface area contributed by atoms with E-state index in [0.717, 1.165) is 22.4 Å². The molecule has 0 saturated heterocycles. The van der Waals surface area contributed by atoms with E-state index in [9.17, 15) is 4.79 Å². The molecule has 1 N–H and O–H groups in total. The van der Waals surface area contributed by atoms with E-state index in [1.807, 2.05) is 51.1 Å². The molecule has 0 saturated carbocycles. The first-order chi connectivity index (χ1) is 9.47. The van der Waals surface area contributed by atoms with E-state index in [0.29, 0.717) is 17.3 Å². The number of hydrogen-bond acceptors (Lipinski definition) is 2. The Hall–Kier alpha value is -1.87. The maximum absolute atomic E-state index is 12.0. The van der Waals surface area contributed by atoms with E-state index >= 15 is 0 Å². The van der Waals surface area contributed by atoms with Gasteiger partial charge in [0.1, 0.15) is 5.15 Å². The minimum Gasteiger partial charge on any atom is -0.348 e. The number of benzene rings is 1. The molecule has 0 fully saturated rings. The Labute approximate surface area is 124 Å². The molecule has 0 aliphatic heterocycles. The lowest BCUT2D eigenvalue weighted by atomic mass is 10.1. The number of aryl methyl sites for hydroxylation is 3. The summed E-state index contributed by atoms with van der Waals surface area (Å²) in [6.07, 6.45) is 0. The van der Waals surface area contributed by atoms with Gasteiger partial charge in [0.25, 0.3) is 5.91 Å². The molecule has 0 atom stereocenters. The van der Waals surface area contributed by atoms with E-state index in [1.165, 1.54) is 0 Å². The average Bonchev–Trinajstić information content (AvgIpc) is 2.38. The number of nitrogens with zero attached hydrogens (tertiary/aromatic N) is 1. The van der Waals surface area contributed by atoms with E-state index in [4.69, 9.17) is 11.6 Å². The molecule has 4 heteroatoms. The van der Waals surface area contributed by atoms with Crippen LogP contribution in [0.4, 0.5) is 0 Å². The maximum atomic E-state index is 12.0. The van der Waals surface area contributed by atoms with Crippen molar-refractivity contribution in [2.75, 3.05) is 0 Å². The molecule has 1 aromatic carbocycles. The number of amides is 1. The summed E-state index contributed by atoms with van der Waals surface area (Å²) in [5.74, 6) is -0.110. The highest BCUT2D eigenvalue weighted by Crippen LogP contribution is 2.18. The normalized spacial score (nSPS) is 10.4. The number of rotatable bonds is 3. The van der Waals surface area contributed by atoms with Crippen molar-refractivity contribution >= 4 is 17.5 Å². The van der Waals surface area contributed by atoms with Gasteiger partial charge in [-0.05, 0) is 44.5 Å². The summed E-state index contributed by atoms with van der Waals surface area (Å²) in [7, 11) is 0. The monoisotopic (exact) mass is 288 g/mol. The Morgan fingerprint density at radius 3 is 2.45 bits per heavy atom. The van der Waals surface area contributed by atoms with Crippen molar-refractivity contribution in [1.82, 2.24) is 10.3 Å². The lowest BCUT2D eigenvalue weighted by Gasteiger charge is -2.10. The maximum Gasteiger partial charge on any atom is 0.251 e. The first kappa shape index (κ1) is 14.5.